The average Bonchev–Trinajstić information content (AvgIpc) is 2.84. The summed E-state index contributed by atoms with van der Waals surface area (Å²) in [4.78, 5) is 28.2. The molecule has 210 valence electrons. The number of carbonyl (C=O) groups excluding carboxylic acids is 2. The molecule has 0 saturated heterocycles. The van der Waals surface area contributed by atoms with Gasteiger partial charge in [0.05, 0.1) is 11.9 Å². The van der Waals surface area contributed by atoms with Crippen molar-refractivity contribution in [3.8, 4) is 0 Å². The summed E-state index contributed by atoms with van der Waals surface area (Å²) in [6.45, 7) is 8.39. The van der Waals surface area contributed by atoms with E-state index in [1.165, 1.54) is 9.21 Å². The molecule has 0 radical (unpaired) electrons. The third kappa shape index (κ3) is 8.89. The molecule has 2 aromatic carbocycles. The summed E-state index contributed by atoms with van der Waals surface area (Å²) in [7, 11) is -3.57. The third-order valence-electron chi connectivity index (χ3n) is 6.39. The van der Waals surface area contributed by atoms with E-state index in [4.69, 9.17) is 23.2 Å². The zero-order valence-electron chi connectivity index (χ0n) is 22.9. The molecule has 7 nitrogen and oxygen atoms in total. The fraction of sp³-hybridized carbons (Fsp3) is 0.500. The molecule has 2 rings (SSSR count). The second-order valence-electron chi connectivity index (χ2n) is 9.52. The van der Waals surface area contributed by atoms with Crippen LogP contribution >= 0.6 is 23.2 Å². The number of hydrogen-bond donors (Lipinski definition) is 1. The van der Waals surface area contributed by atoms with Gasteiger partial charge in [0, 0.05) is 41.7 Å². The van der Waals surface area contributed by atoms with Crippen molar-refractivity contribution in [3.63, 3.8) is 0 Å². The minimum Gasteiger partial charge on any atom is -0.354 e. The number of halogens is 2. The van der Waals surface area contributed by atoms with Crippen molar-refractivity contribution in [2.45, 2.75) is 72.4 Å². The van der Waals surface area contributed by atoms with Crippen molar-refractivity contribution in [1.82, 2.24) is 10.2 Å². The lowest BCUT2D eigenvalue weighted by atomic mass is 10.1. The number of nitrogens with one attached hydrogen (secondary N) is 1. The van der Waals surface area contributed by atoms with E-state index in [-0.39, 0.29) is 37.7 Å². The number of aryl methyl sites for hydroxylation is 2. The van der Waals surface area contributed by atoms with Crippen LogP contribution in [0.1, 0.15) is 62.6 Å². The van der Waals surface area contributed by atoms with Crippen molar-refractivity contribution < 1.29 is 18.0 Å². The van der Waals surface area contributed by atoms with Crippen LogP contribution in [-0.4, -0.2) is 50.5 Å². The SMILES string of the molecule is CCCCNC(=O)[C@@H](CC)N(Cc1c(Cl)cccc1Cl)C(=O)CCCN(c1cc(C)ccc1C)S(C)(=O)=O. The Morgan fingerprint density at radius 1 is 1.03 bits per heavy atom. The van der Waals surface area contributed by atoms with Crippen LogP contribution in [0.2, 0.25) is 10.0 Å². The van der Waals surface area contributed by atoms with Gasteiger partial charge in [0.2, 0.25) is 21.8 Å². The molecule has 0 unspecified atom stereocenters. The molecule has 0 saturated carbocycles. The maximum Gasteiger partial charge on any atom is 0.242 e. The van der Waals surface area contributed by atoms with Gasteiger partial charge in [-0.15, -0.1) is 0 Å². The third-order valence-corrected chi connectivity index (χ3v) is 8.28. The van der Waals surface area contributed by atoms with E-state index in [0.29, 0.717) is 34.3 Å². The Morgan fingerprint density at radius 3 is 2.26 bits per heavy atom. The number of anilines is 1. The lowest BCUT2D eigenvalue weighted by molar-refractivity contribution is -0.141. The van der Waals surface area contributed by atoms with Crippen molar-refractivity contribution in [3.05, 3.63) is 63.1 Å². The molecule has 0 spiro atoms. The molecule has 1 N–H and O–H groups in total. The first-order chi connectivity index (χ1) is 17.9. The van der Waals surface area contributed by atoms with Gasteiger partial charge >= 0.3 is 0 Å². The van der Waals surface area contributed by atoms with Gasteiger partial charge < -0.3 is 10.2 Å². The quantitative estimate of drug-likeness (QED) is 0.281. The standard InChI is InChI=1S/C28H39Cl2N3O4S/c1-6-8-16-31-28(35)25(7-2)32(19-22-23(29)11-9-12-24(22)30)27(34)13-10-17-33(38(5,36)37)26-18-20(3)14-15-21(26)4/h9,11-12,14-15,18,25H,6-8,10,13,16-17,19H2,1-5H3,(H,31,35)/t25-/m1/s1. The van der Waals surface area contributed by atoms with E-state index in [2.05, 4.69) is 5.32 Å². The smallest absolute Gasteiger partial charge is 0.242 e. The Balaban J connectivity index is 2.29. The summed E-state index contributed by atoms with van der Waals surface area (Å²) >= 11 is 12.8. The molecule has 0 heterocycles. The molecule has 0 bridgehead atoms. The molecular weight excluding hydrogens is 545 g/mol. The number of unbranched alkanes of at least 4 members (excludes halogenated alkanes) is 1. The van der Waals surface area contributed by atoms with Gasteiger partial charge in [0.15, 0.2) is 0 Å². The summed E-state index contributed by atoms with van der Waals surface area (Å²) in [5, 5.41) is 3.75. The van der Waals surface area contributed by atoms with Crippen LogP contribution in [0.15, 0.2) is 36.4 Å². The number of nitrogens with zero attached hydrogens (tertiary/aromatic N) is 2. The average molecular weight is 585 g/mol. The zero-order chi connectivity index (χ0) is 28.5. The van der Waals surface area contributed by atoms with Gasteiger partial charge in [-0.1, -0.05) is 61.7 Å². The normalized spacial score (nSPS) is 12.2. The Labute approximate surface area is 237 Å². The van der Waals surface area contributed by atoms with Crippen molar-refractivity contribution in [2.24, 2.45) is 0 Å². The summed E-state index contributed by atoms with van der Waals surface area (Å²) in [5.74, 6) is -0.501. The summed E-state index contributed by atoms with van der Waals surface area (Å²) in [6, 6.07) is 10.0. The number of benzene rings is 2. The molecule has 2 aromatic rings. The Bertz CT molecular complexity index is 1200. The number of sulfonamides is 1. The van der Waals surface area contributed by atoms with Gasteiger partial charge in [0.25, 0.3) is 0 Å². The Kier molecular flexibility index (Phi) is 12.4. The summed E-state index contributed by atoms with van der Waals surface area (Å²) in [5.41, 5.74) is 2.94. The topological polar surface area (TPSA) is 86.8 Å². The van der Waals surface area contributed by atoms with E-state index >= 15 is 0 Å². The highest BCUT2D eigenvalue weighted by molar-refractivity contribution is 7.92. The maximum absolute atomic E-state index is 13.6. The largest absolute Gasteiger partial charge is 0.354 e. The van der Waals surface area contributed by atoms with Gasteiger partial charge in [-0.3, -0.25) is 13.9 Å². The number of carbonyl (C=O) groups is 2. The molecule has 10 heteroatoms. The molecule has 0 fully saturated rings. The highest BCUT2D eigenvalue weighted by atomic mass is 35.5. The first-order valence-electron chi connectivity index (χ1n) is 13.0. The molecule has 0 aliphatic carbocycles. The van der Waals surface area contributed by atoms with E-state index in [1.54, 1.807) is 18.2 Å². The molecule has 38 heavy (non-hydrogen) atoms. The molecule has 1 atom stereocenters. The number of hydrogen-bond acceptors (Lipinski definition) is 4. The van der Waals surface area contributed by atoms with Crippen LogP contribution in [0.3, 0.4) is 0 Å². The summed E-state index contributed by atoms with van der Waals surface area (Å²) < 4.78 is 26.6. The van der Waals surface area contributed by atoms with Gasteiger partial charge in [0.1, 0.15) is 6.04 Å². The second kappa shape index (κ2) is 14.8. The predicted octanol–water partition coefficient (Wildman–Crippen LogP) is 5.88. The fourth-order valence-corrected chi connectivity index (χ4v) is 5.78. The van der Waals surface area contributed by atoms with Crippen LogP contribution in [0.25, 0.3) is 0 Å². The highest BCUT2D eigenvalue weighted by Crippen LogP contribution is 2.28. The Hall–Kier alpha value is -2.29. The molecular formula is C28H39Cl2N3O4S. The number of rotatable bonds is 14. The van der Waals surface area contributed by atoms with E-state index in [0.717, 1.165) is 30.2 Å². The van der Waals surface area contributed by atoms with Crippen LogP contribution in [0.5, 0.6) is 0 Å². The molecule has 0 aliphatic rings. The highest BCUT2D eigenvalue weighted by Gasteiger charge is 2.30. The van der Waals surface area contributed by atoms with Gasteiger partial charge in [-0.25, -0.2) is 8.42 Å². The van der Waals surface area contributed by atoms with Crippen LogP contribution in [-0.2, 0) is 26.2 Å². The summed E-state index contributed by atoms with van der Waals surface area (Å²) in [6.07, 6.45) is 3.68. The van der Waals surface area contributed by atoms with Gasteiger partial charge in [-0.05, 0) is 62.4 Å². The molecule has 2 amide bonds. The first-order valence-corrected chi connectivity index (χ1v) is 15.6. The zero-order valence-corrected chi connectivity index (χ0v) is 25.2. The monoisotopic (exact) mass is 583 g/mol. The van der Waals surface area contributed by atoms with Crippen molar-refractivity contribution >= 4 is 50.7 Å². The van der Waals surface area contributed by atoms with E-state index in [9.17, 15) is 18.0 Å². The van der Waals surface area contributed by atoms with E-state index < -0.39 is 16.1 Å². The number of amides is 2. The van der Waals surface area contributed by atoms with Crippen LogP contribution in [0.4, 0.5) is 5.69 Å². The first kappa shape index (κ1) is 31.9. The lowest BCUT2D eigenvalue weighted by Crippen LogP contribution is -2.49. The van der Waals surface area contributed by atoms with E-state index in [1.807, 2.05) is 45.9 Å². The second-order valence-corrected chi connectivity index (χ2v) is 12.2. The minimum absolute atomic E-state index is 0.0533. The Morgan fingerprint density at radius 2 is 1.68 bits per heavy atom. The fourth-order valence-electron chi connectivity index (χ4n) is 4.25. The maximum atomic E-state index is 13.6. The predicted molar refractivity (Wildman–Crippen MR) is 156 cm³/mol. The van der Waals surface area contributed by atoms with Crippen molar-refractivity contribution in [1.29, 1.82) is 0 Å². The van der Waals surface area contributed by atoms with Gasteiger partial charge in [-0.2, -0.15) is 0 Å². The van der Waals surface area contributed by atoms with Crippen LogP contribution < -0.4 is 9.62 Å². The minimum atomic E-state index is -3.57. The molecule has 0 aliphatic heterocycles. The van der Waals surface area contributed by atoms with Crippen LogP contribution in [0, 0.1) is 13.8 Å². The molecule has 0 aromatic heterocycles. The van der Waals surface area contributed by atoms with Crippen molar-refractivity contribution in [2.75, 3.05) is 23.7 Å². The lowest BCUT2D eigenvalue weighted by Gasteiger charge is -2.31.